The molecule has 0 fully saturated rings. The van der Waals surface area contributed by atoms with Gasteiger partial charge in [0.1, 0.15) is 11.5 Å². The van der Waals surface area contributed by atoms with Crippen LogP contribution in [-0.4, -0.2) is 23.3 Å². The smallest absolute Gasteiger partial charge is 0.419 e. The van der Waals surface area contributed by atoms with E-state index < -0.39 is 23.5 Å². The molecule has 2 aromatic rings. The first-order chi connectivity index (χ1) is 9.32. The summed E-state index contributed by atoms with van der Waals surface area (Å²) in [6.45, 7) is 0. The van der Waals surface area contributed by atoms with Gasteiger partial charge in [0.25, 0.3) is 0 Å². The van der Waals surface area contributed by atoms with E-state index in [4.69, 9.17) is 0 Å². The molecule has 0 aliphatic carbocycles. The first-order valence-corrected chi connectivity index (χ1v) is 5.34. The highest BCUT2D eigenvalue weighted by atomic mass is 19.4. The molecule has 8 heteroatoms. The Morgan fingerprint density at radius 3 is 2.55 bits per heavy atom. The van der Waals surface area contributed by atoms with Crippen LogP contribution in [0.5, 0.6) is 0 Å². The monoisotopic (exact) mass is 288 g/mol. The first kappa shape index (κ1) is 14.0. The zero-order valence-electron chi connectivity index (χ0n) is 10.1. The van der Waals surface area contributed by atoms with Crippen molar-refractivity contribution in [3.05, 3.63) is 41.3 Å². The van der Waals surface area contributed by atoms with Crippen LogP contribution in [0.25, 0.3) is 11.3 Å². The molecule has 4 nitrogen and oxygen atoms in total. The summed E-state index contributed by atoms with van der Waals surface area (Å²) in [7, 11) is 1.17. The van der Waals surface area contributed by atoms with Crippen molar-refractivity contribution in [2.45, 2.75) is 6.18 Å². The van der Waals surface area contributed by atoms with Gasteiger partial charge >= 0.3 is 12.1 Å². The molecule has 1 aromatic carbocycles. The molecule has 1 aromatic heterocycles. The van der Waals surface area contributed by atoms with Gasteiger partial charge in [0.15, 0.2) is 0 Å². The van der Waals surface area contributed by atoms with Gasteiger partial charge in [0.2, 0.25) is 0 Å². The molecule has 0 saturated carbocycles. The Kier molecular flexibility index (Phi) is 3.47. The molecule has 0 atom stereocenters. The number of hydrogen-bond donors (Lipinski definition) is 1. The largest absolute Gasteiger partial charge is 0.464 e. The van der Waals surface area contributed by atoms with Gasteiger partial charge in [-0.15, -0.1) is 0 Å². The van der Waals surface area contributed by atoms with Gasteiger partial charge in [0, 0.05) is 5.56 Å². The fourth-order valence-corrected chi connectivity index (χ4v) is 1.59. The zero-order chi connectivity index (χ0) is 14.9. The fraction of sp³-hybridized carbons (Fsp3) is 0.167. The molecule has 0 unspecified atom stereocenters. The minimum atomic E-state index is -4.76. The topological polar surface area (TPSA) is 55.0 Å². The van der Waals surface area contributed by atoms with Crippen molar-refractivity contribution in [1.29, 1.82) is 0 Å². The van der Waals surface area contributed by atoms with Crippen LogP contribution in [0.15, 0.2) is 24.3 Å². The highest BCUT2D eigenvalue weighted by Gasteiger charge is 2.34. The van der Waals surface area contributed by atoms with Gasteiger partial charge in [-0.2, -0.15) is 18.3 Å². The molecule has 106 valence electrons. The molecule has 0 bridgehead atoms. The highest BCUT2D eigenvalue weighted by Crippen LogP contribution is 2.33. The van der Waals surface area contributed by atoms with Crippen molar-refractivity contribution in [2.24, 2.45) is 0 Å². The van der Waals surface area contributed by atoms with E-state index in [1.165, 1.54) is 13.2 Å². The standard InChI is InChI=1S/C12H8F4N2O2/c1-20-11(19)10-5-9(17-18-10)6-2-3-7(8(13)4-6)12(14,15)16/h2-5H,1H3,(H,17,18). The summed E-state index contributed by atoms with van der Waals surface area (Å²) in [5, 5.41) is 6.06. The van der Waals surface area contributed by atoms with E-state index in [1.54, 1.807) is 0 Å². The van der Waals surface area contributed by atoms with E-state index in [9.17, 15) is 22.4 Å². The number of carbonyl (C=O) groups is 1. The van der Waals surface area contributed by atoms with E-state index in [0.29, 0.717) is 12.1 Å². The molecule has 20 heavy (non-hydrogen) atoms. The Bertz CT molecular complexity index is 649. The van der Waals surface area contributed by atoms with Crippen molar-refractivity contribution in [1.82, 2.24) is 10.2 Å². The average molecular weight is 288 g/mol. The van der Waals surface area contributed by atoms with Crippen LogP contribution in [-0.2, 0) is 10.9 Å². The number of halogens is 4. The van der Waals surface area contributed by atoms with Crippen LogP contribution >= 0.6 is 0 Å². The molecule has 0 radical (unpaired) electrons. The third kappa shape index (κ3) is 2.63. The van der Waals surface area contributed by atoms with Gasteiger partial charge in [-0.25, -0.2) is 9.18 Å². The number of methoxy groups -OCH3 is 1. The van der Waals surface area contributed by atoms with Crippen molar-refractivity contribution in [3.63, 3.8) is 0 Å². The van der Waals surface area contributed by atoms with Gasteiger partial charge in [-0.1, -0.05) is 6.07 Å². The zero-order valence-corrected chi connectivity index (χ0v) is 10.1. The summed E-state index contributed by atoms with van der Waals surface area (Å²) in [5.41, 5.74) is -1.09. The van der Waals surface area contributed by atoms with Crippen LogP contribution in [0.1, 0.15) is 16.1 Å². The summed E-state index contributed by atoms with van der Waals surface area (Å²) < 4.78 is 55.1. The number of carbonyl (C=O) groups excluding carboxylic acids is 1. The normalized spacial score (nSPS) is 11.4. The second-order valence-corrected chi connectivity index (χ2v) is 3.85. The molecule has 2 rings (SSSR count). The van der Waals surface area contributed by atoms with Gasteiger partial charge in [-0.05, 0) is 18.2 Å². The second kappa shape index (κ2) is 4.95. The van der Waals surface area contributed by atoms with Crippen LogP contribution in [0.3, 0.4) is 0 Å². The maximum Gasteiger partial charge on any atom is 0.419 e. The maximum absolute atomic E-state index is 13.4. The summed E-state index contributed by atoms with van der Waals surface area (Å²) in [6.07, 6.45) is -4.76. The Hall–Kier alpha value is -2.38. The third-order valence-electron chi connectivity index (χ3n) is 2.55. The molecule has 0 spiro atoms. The lowest BCUT2D eigenvalue weighted by Crippen LogP contribution is -2.07. The van der Waals surface area contributed by atoms with E-state index in [2.05, 4.69) is 14.9 Å². The van der Waals surface area contributed by atoms with E-state index in [1.807, 2.05) is 0 Å². The number of alkyl halides is 3. The number of hydrogen-bond acceptors (Lipinski definition) is 3. The number of benzene rings is 1. The predicted molar refractivity (Wildman–Crippen MR) is 60.3 cm³/mol. The van der Waals surface area contributed by atoms with Crippen LogP contribution in [0, 0.1) is 5.82 Å². The van der Waals surface area contributed by atoms with E-state index >= 15 is 0 Å². The Balaban J connectivity index is 2.37. The average Bonchev–Trinajstić information content (AvgIpc) is 2.85. The number of nitrogens with one attached hydrogen (secondary N) is 1. The van der Waals surface area contributed by atoms with Gasteiger partial charge in [-0.3, -0.25) is 5.10 Å². The number of ether oxygens (including phenoxy) is 1. The lowest BCUT2D eigenvalue weighted by atomic mass is 10.1. The molecule has 1 heterocycles. The number of H-pyrrole nitrogens is 1. The molecule has 0 saturated heterocycles. The number of rotatable bonds is 2. The number of esters is 1. The fourth-order valence-electron chi connectivity index (χ4n) is 1.59. The molecular formula is C12H8F4N2O2. The van der Waals surface area contributed by atoms with Crippen LogP contribution in [0.4, 0.5) is 17.6 Å². The van der Waals surface area contributed by atoms with Crippen LogP contribution in [0.2, 0.25) is 0 Å². The maximum atomic E-state index is 13.4. The van der Waals surface area contributed by atoms with E-state index in [0.717, 1.165) is 6.07 Å². The minimum absolute atomic E-state index is 0.0165. The highest BCUT2D eigenvalue weighted by molar-refractivity contribution is 5.88. The molecule has 0 aliphatic rings. The Morgan fingerprint density at radius 2 is 2.00 bits per heavy atom. The number of nitrogens with zero attached hydrogens (tertiary/aromatic N) is 1. The van der Waals surface area contributed by atoms with Crippen molar-refractivity contribution >= 4 is 5.97 Å². The SMILES string of the molecule is COC(=O)c1cc(-c2ccc(C(F)(F)F)c(F)c2)n[nH]1. The molecule has 1 N–H and O–H groups in total. The predicted octanol–water partition coefficient (Wildman–Crippen LogP) is 3.02. The first-order valence-electron chi connectivity index (χ1n) is 5.34. The number of aromatic amines is 1. The van der Waals surface area contributed by atoms with Crippen molar-refractivity contribution in [2.75, 3.05) is 7.11 Å². The van der Waals surface area contributed by atoms with Crippen LogP contribution < -0.4 is 0 Å². The quantitative estimate of drug-likeness (QED) is 0.682. The van der Waals surface area contributed by atoms with Gasteiger partial charge < -0.3 is 4.74 Å². The minimum Gasteiger partial charge on any atom is -0.464 e. The summed E-state index contributed by atoms with van der Waals surface area (Å²) in [6, 6.07) is 3.66. The number of aromatic nitrogens is 2. The Morgan fingerprint density at radius 1 is 1.30 bits per heavy atom. The van der Waals surface area contributed by atoms with E-state index in [-0.39, 0.29) is 17.0 Å². The second-order valence-electron chi connectivity index (χ2n) is 3.85. The van der Waals surface area contributed by atoms with Crippen molar-refractivity contribution in [3.8, 4) is 11.3 Å². The van der Waals surface area contributed by atoms with Gasteiger partial charge in [0.05, 0.1) is 18.4 Å². The summed E-state index contributed by atoms with van der Waals surface area (Å²) in [4.78, 5) is 11.2. The molecule has 0 aliphatic heterocycles. The summed E-state index contributed by atoms with van der Waals surface area (Å²) >= 11 is 0. The summed E-state index contributed by atoms with van der Waals surface area (Å²) in [5.74, 6) is -2.09. The molecule has 0 amide bonds. The lowest BCUT2D eigenvalue weighted by molar-refractivity contribution is -0.139. The van der Waals surface area contributed by atoms with Crippen molar-refractivity contribution < 1.29 is 27.1 Å². The Labute approximate surface area is 110 Å². The third-order valence-corrected chi connectivity index (χ3v) is 2.55. The molecular weight excluding hydrogens is 280 g/mol. The lowest BCUT2D eigenvalue weighted by Gasteiger charge is -2.08.